The first-order chi connectivity index (χ1) is 14.6. The molecule has 0 fully saturated rings. The minimum Gasteiger partial charge on any atom is -0.497 e. The smallest absolute Gasteiger partial charge is 0.322 e. The maximum atomic E-state index is 13.3. The second-order valence-corrected chi connectivity index (χ2v) is 7.06. The Balaban J connectivity index is 1.60. The standard InChI is InChI=1S/C24H24N2O4/c1-17(19-7-4-3-5-8-19)26(15-18-11-12-22-23(13-18)30-16-29-22)24(27)25-20-9-6-10-21(14-20)28-2/h3-14,17H,15-16H2,1-2H3,(H,25,27). The second-order valence-electron chi connectivity index (χ2n) is 7.06. The number of amides is 2. The summed E-state index contributed by atoms with van der Waals surface area (Å²) in [4.78, 5) is 15.1. The predicted molar refractivity (Wildman–Crippen MR) is 115 cm³/mol. The van der Waals surface area contributed by atoms with Gasteiger partial charge in [0.1, 0.15) is 5.75 Å². The molecule has 0 spiro atoms. The number of hydrogen-bond acceptors (Lipinski definition) is 4. The van der Waals surface area contributed by atoms with E-state index in [9.17, 15) is 4.79 Å². The molecule has 154 valence electrons. The fraction of sp³-hybridized carbons (Fsp3) is 0.208. The first-order valence-electron chi connectivity index (χ1n) is 9.79. The summed E-state index contributed by atoms with van der Waals surface area (Å²) in [5.74, 6) is 2.11. The Labute approximate surface area is 176 Å². The molecular weight excluding hydrogens is 380 g/mol. The molecule has 4 rings (SSSR count). The molecule has 1 N–H and O–H groups in total. The van der Waals surface area contributed by atoms with Gasteiger partial charge in [0.25, 0.3) is 0 Å². The third kappa shape index (κ3) is 4.33. The van der Waals surface area contributed by atoms with Crippen LogP contribution in [0.4, 0.5) is 10.5 Å². The van der Waals surface area contributed by atoms with Crippen LogP contribution in [0.25, 0.3) is 0 Å². The molecular formula is C24H24N2O4. The van der Waals surface area contributed by atoms with Crippen LogP contribution in [0.3, 0.4) is 0 Å². The Morgan fingerprint density at radius 2 is 1.83 bits per heavy atom. The van der Waals surface area contributed by atoms with Gasteiger partial charge in [-0.25, -0.2) is 4.79 Å². The number of methoxy groups -OCH3 is 1. The van der Waals surface area contributed by atoms with Crippen molar-refractivity contribution in [2.45, 2.75) is 19.5 Å². The molecule has 0 aliphatic carbocycles. The Hall–Kier alpha value is -3.67. The van der Waals surface area contributed by atoms with Crippen LogP contribution < -0.4 is 19.5 Å². The largest absolute Gasteiger partial charge is 0.497 e. The van der Waals surface area contributed by atoms with Crippen molar-refractivity contribution >= 4 is 11.7 Å². The van der Waals surface area contributed by atoms with Crippen molar-refractivity contribution < 1.29 is 19.0 Å². The Morgan fingerprint density at radius 1 is 1.03 bits per heavy atom. The number of anilines is 1. The highest BCUT2D eigenvalue weighted by molar-refractivity contribution is 5.89. The van der Waals surface area contributed by atoms with Gasteiger partial charge in [0, 0.05) is 18.3 Å². The molecule has 6 nitrogen and oxygen atoms in total. The predicted octanol–water partition coefficient (Wildman–Crippen LogP) is 5.22. The monoisotopic (exact) mass is 404 g/mol. The number of nitrogens with zero attached hydrogens (tertiary/aromatic N) is 1. The lowest BCUT2D eigenvalue weighted by molar-refractivity contribution is 0.173. The average molecular weight is 404 g/mol. The van der Waals surface area contributed by atoms with Crippen LogP contribution in [-0.2, 0) is 6.54 Å². The van der Waals surface area contributed by atoms with Crippen molar-refractivity contribution in [3.8, 4) is 17.2 Å². The van der Waals surface area contributed by atoms with Crippen LogP contribution in [0.5, 0.6) is 17.2 Å². The number of benzene rings is 3. The van der Waals surface area contributed by atoms with E-state index in [0.717, 1.165) is 16.9 Å². The van der Waals surface area contributed by atoms with Crippen molar-refractivity contribution in [1.29, 1.82) is 0 Å². The Bertz CT molecular complexity index is 1020. The molecule has 3 aromatic rings. The SMILES string of the molecule is COc1cccc(NC(=O)N(Cc2ccc3c(c2)OCO3)C(C)c2ccccc2)c1. The molecule has 1 heterocycles. The normalized spacial score (nSPS) is 12.9. The summed E-state index contributed by atoms with van der Waals surface area (Å²) in [6.45, 7) is 2.66. The van der Waals surface area contributed by atoms with Crippen molar-refractivity contribution in [3.63, 3.8) is 0 Å². The first-order valence-corrected chi connectivity index (χ1v) is 9.79. The van der Waals surface area contributed by atoms with E-state index in [2.05, 4.69) is 5.32 Å². The zero-order valence-electron chi connectivity index (χ0n) is 17.0. The van der Waals surface area contributed by atoms with Crippen LogP contribution >= 0.6 is 0 Å². The molecule has 2 amide bonds. The molecule has 1 unspecified atom stereocenters. The summed E-state index contributed by atoms with van der Waals surface area (Å²) < 4.78 is 16.2. The van der Waals surface area contributed by atoms with Gasteiger partial charge < -0.3 is 24.4 Å². The van der Waals surface area contributed by atoms with E-state index in [4.69, 9.17) is 14.2 Å². The number of carbonyl (C=O) groups excluding carboxylic acids is 1. The summed E-state index contributed by atoms with van der Waals surface area (Å²) in [7, 11) is 1.60. The lowest BCUT2D eigenvalue weighted by Gasteiger charge is -2.30. The quantitative estimate of drug-likeness (QED) is 0.612. The molecule has 6 heteroatoms. The lowest BCUT2D eigenvalue weighted by Crippen LogP contribution is -2.36. The van der Waals surface area contributed by atoms with Gasteiger partial charge in [-0.1, -0.05) is 42.5 Å². The summed E-state index contributed by atoms with van der Waals surface area (Å²) in [5.41, 5.74) is 2.69. The van der Waals surface area contributed by atoms with Crippen LogP contribution in [0.2, 0.25) is 0 Å². The van der Waals surface area contributed by atoms with Crippen LogP contribution in [0.1, 0.15) is 24.1 Å². The molecule has 0 saturated heterocycles. The van der Waals surface area contributed by atoms with E-state index >= 15 is 0 Å². The van der Waals surface area contributed by atoms with Crippen molar-refractivity contribution in [2.75, 3.05) is 19.2 Å². The topological polar surface area (TPSA) is 60.0 Å². The molecule has 30 heavy (non-hydrogen) atoms. The van der Waals surface area contributed by atoms with Gasteiger partial charge in [-0.15, -0.1) is 0 Å². The third-order valence-corrected chi connectivity index (χ3v) is 5.12. The highest BCUT2D eigenvalue weighted by Crippen LogP contribution is 2.34. The summed E-state index contributed by atoms with van der Waals surface area (Å²) in [6, 6.07) is 22.7. The van der Waals surface area contributed by atoms with E-state index < -0.39 is 0 Å². The zero-order valence-corrected chi connectivity index (χ0v) is 17.0. The van der Waals surface area contributed by atoms with Gasteiger partial charge in [-0.2, -0.15) is 0 Å². The number of fused-ring (bicyclic) bond motifs is 1. The molecule has 1 aliphatic rings. The molecule has 3 aromatic carbocycles. The lowest BCUT2D eigenvalue weighted by atomic mass is 10.1. The van der Waals surface area contributed by atoms with Gasteiger partial charge in [0.2, 0.25) is 6.79 Å². The second kappa shape index (κ2) is 8.78. The van der Waals surface area contributed by atoms with Gasteiger partial charge >= 0.3 is 6.03 Å². The van der Waals surface area contributed by atoms with Gasteiger partial charge in [0.15, 0.2) is 11.5 Å². The molecule has 0 saturated carbocycles. The highest BCUT2D eigenvalue weighted by Gasteiger charge is 2.23. The van der Waals surface area contributed by atoms with Gasteiger partial charge in [0.05, 0.1) is 13.2 Å². The number of ether oxygens (including phenoxy) is 3. The number of carbonyl (C=O) groups is 1. The van der Waals surface area contributed by atoms with E-state index in [1.54, 1.807) is 18.1 Å². The zero-order chi connectivity index (χ0) is 20.9. The van der Waals surface area contributed by atoms with Crippen molar-refractivity contribution in [2.24, 2.45) is 0 Å². The van der Waals surface area contributed by atoms with Gasteiger partial charge in [-0.3, -0.25) is 0 Å². The molecule has 1 atom stereocenters. The summed E-state index contributed by atoms with van der Waals surface area (Å²) >= 11 is 0. The Kier molecular flexibility index (Phi) is 5.75. The fourth-order valence-electron chi connectivity index (χ4n) is 3.43. The van der Waals surface area contributed by atoms with Gasteiger partial charge in [-0.05, 0) is 42.3 Å². The average Bonchev–Trinajstić information content (AvgIpc) is 3.25. The molecule has 0 bridgehead atoms. The van der Waals surface area contributed by atoms with Crippen LogP contribution in [-0.4, -0.2) is 24.8 Å². The maximum Gasteiger partial charge on any atom is 0.322 e. The van der Waals surface area contributed by atoms with E-state index in [0.29, 0.717) is 23.7 Å². The molecule has 0 aromatic heterocycles. The fourth-order valence-corrected chi connectivity index (χ4v) is 3.43. The molecule has 0 radical (unpaired) electrons. The Morgan fingerprint density at radius 3 is 2.63 bits per heavy atom. The third-order valence-electron chi connectivity index (χ3n) is 5.12. The maximum absolute atomic E-state index is 13.3. The number of nitrogens with one attached hydrogen (secondary N) is 1. The highest BCUT2D eigenvalue weighted by atomic mass is 16.7. The summed E-state index contributed by atoms with van der Waals surface area (Å²) in [6.07, 6.45) is 0. The minimum atomic E-state index is -0.197. The number of hydrogen-bond donors (Lipinski definition) is 1. The number of rotatable bonds is 6. The van der Waals surface area contributed by atoms with Crippen molar-refractivity contribution in [1.82, 2.24) is 4.90 Å². The van der Waals surface area contributed by atoms with Crippen molar-refractivity contribution in [3.05, 3.63) is 83.9 Å². The first kappa shape index (κ1) is 19.6. The molecule has 1 aliphatic heterocycles. The van der Waals surface area contributed by atoms with E-state index in [1.807, 2.05) is 73.7 Å². The van der Waals surface area contributed by atoms with Crippen LogP contribution in [0, 0.1) is 0 Å². The van der Waals surface area contributed by atoms with Crippen LogP contribution in [0.15, 0.2) is 72.8 Å². The van der Waals surface area contributed by atoms with E-state index in [1.165, 1.54) is 0 Å². The van der Waals surface area contributed by atoms with E-state index in [-0.39, 0.29) is 18.9 Å². The minimum absolute atomic E-state index is 0.137. The summed E-state index contributed by atoms with van der Waals surface area (Å²) in [5, 5.41) is 2.99. The number of urea groups is 1.